The fourth-order valence-corrected chi connectivity index (χ4v) is 8.41. The van der Waals surface area contributed by atoms with Gasteiger partial charge in [-0.05, 0) is 79.8 Å². The zero-order valence-corrected chi connectivity index (χ0v) is 27.2. The Bertz CT molecular complexity index is 1840. The van der Waals surface area contributed by atoms with Gasteiger partial charge in [0.25, 0.3) is 11.8 Å². The van der Waals surface area contributed by atoms with Gasteiger partial charge < -0.3 is 14.2 Å². The first-order valence-corrected chi connectivity index (χ1v) is 17.3. The number of hydrogen-bond donors (Lipinski definition) is 1. The van der Waals surface area contributed by atoms with Crippen LogP contribution >= 0.6 is 0 Å². The van der Waals surface area contributed by atoms with E-state index in [1.165, 1.54) is 26.1 Å². The average molecular weight is 632 g/mol. The van der Waals surface area contributed by atoms with Crippen molar-refractivity contribution in [3.05, 3.63) is 58.7 Å². The second-order valence-electron chi connectivity index (χ2n) is 13.2. The average Bonchev–Trinajstić information content (AvgIpc) is 3.67. The summed E-state index contributed by atoms with van der Waals surface area (Å²) in [6, 6.07) is 12.1. The number of methoxy groups -OCH3 is 1. The maximum Gasteiger partial charge on any atom is 0.303 e. The van der Waals surface area contributed by atoms with E-state index in [9.17, 15) is 18.0 Å². The highest BCUT2D eigenvalue weighted by Gasteiger charge is 2.44. The topological polar surface area (TPSA) is 104 Å². The molecule has 2 unspecified atom stereocenters. The van der Waals surface area contributed by atoms with Crippen LogP contribution in [-0.2, 0) is 21.5 Å². The van der Waals surface area contributed by atoms with Gasteiger partial charge in [0, 0.05) is 66.9 Å². The maximum absolute atomic E-state index is 14.3. The number of hydrogen-bond acceptors (Lipinski definition) is 6. The van der Waals surface area contributed by atoms with E-state index in [1.54, 1.807) is 19.2 Å². The molecule has 10 nitrogen and oxygen atoms in total. The molecule has 0 radical (unpaired) electrons. The van der Waals surface area contributed by atoms with Gasteiger partial charge in [0.2, 0.25) is 0 Å². The number of likely N-dealkylation sites (N-methyl/N-ethyl adjacent to an activating group) is 1. The number of aromatic nitrogens is 1. The Labute approximate surface area is 264 Å². The molecule has 2 bridgehead atoms. The van der Waals surface area contributed by atoms with E-state index >= 15 is 0 Å². The van der Waals surface area contributed by atoms with E-state index < -0.39 is 16.1 Å². The van der Waals surface area contributed by atoms with E-state index in [4.69, 9.17) is 4.74 Å². The molecule has 2 amide bonds. The second-order valence-corrected chi connectivity index (χ2v) is 15.1. The zero-order valence-electron chi connectivity index (χ0n) is 26.4. The van der Waals surface area contributed by atoms with Crippen LogP contribution < -0.4 is 9.46 Å². The van der Waals surface area contributed by atoms with Gasteiger partial charge in [-0.3, -0.25) is 14.5 Å². The van der Waals surface area contributed by atoms with E-state index in [-0.39, 0.29) is 17.5 Å². The fourth-order valence-electron chi connectivity index (χ4n) is 7.88. The molecule has 11 heteroatoms. The van der Waals surface area contributed by atoms with Crippen LogP contribution in [0.1, 0.15) is 65.9 Å². The number of carbonyl (C=O) groups is 2. The predicted octanol–water partition coefficient (Wildman–Crippen LogP) is 4.21. The first-order chi connectivity index (χ1) is 21.6. The van der Waals surface area contributed by atoms with Crippen LogP contribution in [0.2, 0.25) is 0 Å². The van der Waals surface area contributed by atoms with Crippen molar-refractivity contribution in [2.45, 2.75) is 63.1 Å². The number of ether oxygens (including phenoxy) is 1. The van der Waals surface area contributed by atoms with E-state index in [2.05, 4.69) is 27.3 Å². The number of rotatable bonds is 6. The molecule has 238 valence electrons. The van der Waals surface area contributed by atoms with Crippen molar-refractivity contribution in [2.24, 2.45) is 0 Å². The quantitative estimate of drug-likeness (QED) is 0.437. The predicted molar refractivity (Wildman–Crippen MR) is 174 cm³/mol. The maximum atomic E-state index is 14.3. The lowest BCUT2D eigenvalue weighted by atomic mass is 9.81. The third kappa shape index (κ3) is 5.14. The van der Waals surface area contributed by atoms with Gasteiger partial charge in [0.05, 0.1) is 19.3 Å². The molecule has 1 N–H and O–H groups in total. The Morgan fingerprint density at radius 1 is 1.00 bits per heavy atom. The normalized spacial score (nSPS) is 21.9. The lowest BCUT2D eigenvalue weighted by molar-refractivity contribution is -0.129. The highest BCUT2D eigenvalue weighted by atomic mass is 32.2. The number of carbonyl (C=O) groups excluding carboxylic acids is 2. The molecule has 4 aliphatic rings. The molecule has 2 saturated heterocycles. The van der Waals surface area contributed by atoms with Crippen molar-refractivity contribution in [3.63, 3.8) is 0 Å². The van der Waals surface area contributed by atoms with Gasteiger partial charge in [-0.15, -0.1) is 0 Å². The Balaban J connectivity index is 1.41. The third-order valence-corrected chi connectivity index (χ3v) is 11.7. The molecule has 1 aliphatic carbocycles. The third-order valence-electron chi connectivity index (χ3n) is 10.3. The number of nitrogens with one attached hydrogen (secondary N) is 1. The van der Waals surface area contributed by atoms with Crippen molar-refractivity contribution in [1.82, 2.24) is 23.4 Å². The molecule has 45 heavy (non-hydrogen) atoms. The SMILES string of the molecule is COc1ccc2c(c1)C=C(C(=O)N1CC3CC1CN3C)Cn1c-2c(C2CCCCC2)c2ccc(C(=O)NS(=O)(=O)N(C)C)cc21. The molecule has 7 rings (SSSR count). The van der Waals surface area contributed by atoms with E-state index in [0.717, 1.165) is 83.0 Å². The smallest absolute Gasteiger partial charge is 0.303 e. The number of benzene rings is 2. The minimum atomic E-state index is -3.97. The summed E-state index contributed by atoms with van der Waals surface area (Å²) in [6.45, 7) is 1.95. The van der Waals surface area contributed by atoms with Crippen molar-refractivity contribution < 1.29 is 22.7 Å². The summed E-state index contributed by atoms with van der Waals surface area (Å²) in [6.07, 6.45) is 8.70. The minimum absolute atomic E-state index is 0.0456. The van der Waals surface area contributed by atoms with Gasteiger partial charge in [-0.25, -0.2) is 4.72 Å². The summed E-state index contributed by atoms with van der Waals surface area (Å²) < 4.78 is 36.0. The molecule has 1 saturated carbocycles. The minimum Gasteiger partial charge on any atom is -0.497 e. The molecular weight excluding hydrogens is 590 g/mol. The molecule has 0 spiro atoms. The molecule has 3 aromatic rings. The van der Waals surface area contributed by atoms with Crippen LogP contribution in [0.3, 0.4) is 0 Å². The lowest BCUT2D eigenvalue weighted by Crippen LogP contribution is -2.47. The summed E-state index contributed by atoms with van der Waals surface area (Å²) >= 11 is 0. The Morgan fingerprint density at radius 2 is 1.78 bits per heavy atom. The van der Waals surface area contributed by atoms with Crippen molar-refractivity contribution in [3.8, 4) is 17.0 Å². The van der Waals surface area contributed by atoms with Crippen molar-refractivity contribution in [1.29, 1.82) is 0 Å². The largest absolute Gasteiger partial charge is 0.497 e. The fraction of sp³-hybridized carbons (Fsp3) is 0.471. The monoisotopic (exact) mass is 631 g/mol. The summed E-state index contributed by atoms with van der Waals surface area (Å²) in [5.74, 6) is 0.416. The molecular formula is C34H41N5O5S. The summed E-state index contributed by atoms with van der Waals surface area (Å²) in [5.41, 5.74) is 6.04. The number of amides is 2. The van der Waals surface area contributed by atoms with Crippen molar-refractivity contribution in [2.75, 3.05) is 41.3 Å². The van der Waals surface area contributed by atoms with Crippen LogP contribution in [0.15, 0.2) is 42.0 Å². The number of likely N-dealkylation sites (tertiary alicyclic amines) is 2. The van der Waals surface area contributed by atoms with Gasteiger partial charge >= 0.3 is 10.2 Å². The van der Waals surface area contributed by atoms with E-state index in [0.29, 0.717) is 24.1 Å². The Morgan fingerprint density at radius 3 is 2.44 bits per heavy atom. The highest BCUT2D eigenvalue weighted by Crippen LogP contribution is 2.47. The highest BCUT2D eigenvalue weighted by molar-refractivity contribution is 7.87. The number of nitrogens with zero attached hydrogens (tertiary/aromatic N) is 4. The Kier molecular flexibility index (Phi) is 7.53. The summed E-state index contributed by atoms with van der Waals surface area (Å²) in [4.78, 5) is 32.0. The Hall–Kier alpha value is -3.67. The lowest BCUT2D eigenvalue weighted by Gasteiger charge is -2.32. The van der Waals surface area contributed by atoms with E-state index in [1.807, 2.05) is 29.2 Å². The van der Waals surface area contributed by atoms with Crippen LogP contribution in [-0.4, -0.2) is 92.3 Å². The van der Waals surface area contributed by atoms with Crippen LogP contribution in [0.25, 0.3) is 28.2 Å². The summed E-state index contributed by atoms with van der Waals surface area (Å²) in [5, 5.41) is 1.04. The standard InChI is InChI=1S/C34H41N5O5S/c1-36(2)45(42,43)35-33(40)22-10-12-29-30(16-22)39-18-24(34(41)38-20-25-17-26(38)19-37(25)3)14-23-15-27(44-4)11-13-28(23)32(39)31(29)21-8-6-5-7-9-21/h10-16,21,25-26H,5-9,17-20H2,1-4H3,(H,35,40). The van der Waals surface area contributed by atoms with Gasteiger partial charge in [0.1, 0.15) is 5.75 Å². The summed E-state index contributed by atoms with van der Waals surface area (Å²) in [7, 11) is 2.57. The van der Waals surface area contributed by atoms with Gasteiger partial charge in [0.15, 0.2) is 0 Å². The van der Waals surface area contributed by atoms with Crippen LogP contribution in [0, 0.1) is 0 Å². The molecule has 3 fully saturated rings. The molecule has 3 aliphatic heterocycles. The zero-order chi connectivity index (χ0) is 31.6. The first-order valence-electron chi connectivity index (χ1n) is 15.9. The van der Waals surface area contributed by atoms with Crippen LogP contribution in [0.4, 0.5) is 0 Å². The van der Waals surface area contributed by atoms with Crippen molar-refractivity contribution >= 4 is 39.0 Å². The molecule has 2 atom stereocenters. The molecule has 2 aromatic carbocycles. The number of fused-ring (bicyclic) bond motifs is 7. The van der Waals surface area contributed by atoms with Gasteiger partial charge in [-0.1, -0.05) is 25.3 Å². The molecule has 1 aromatic heterocycles. The number of piperazine rings is 1. The first kappa shape index (κ1) is 30.0. The second kappa shape index (κ2) is 11.3. The van der Waals surface area contributed by atoms with Gasteiger partial charge in [-0.2, -0.15) is 12.7 Å². The molecule has 4 heterocycles. The van der Waals surface area contributed by atoms with Crippen LogP contribution in [0.5, 0.6) is 5.75 Å².